The van der Waals surface area contributed by atoms with Gasteiger partial charge in [-0.25, -0.2) is 4.79 Å². The lowest BCUT2D eigenvalue weighted by Crippen LogP contribution is -2.65. The van der Waals surface area contributed by atoms with Crippen LogP contribution in [0.3, 0.4) is 0 Å². The van der Waals surface area contributed by atoms with Crippen LogP contribution in [0.1, 0.15) is 52.0 Å². The maximum Gasteiger partial charge on any atom is 0.410 e. The van der Waals surface area contributed by atoms with Crippen LogP contribution < -0.4 is 5.32 Å². The second-order valence-electron chi connectivity index (χ2n) is 9.87. The Hall–Kier alpha value is -2.15. The van der Waals surface area contributed by atoms with Crippen LogP contribution in [0.25, 0.3) is 0 Å². The third kappa shape index (κ3) is 4.61. The van der Waals surface area contributed by atoms with Gasteiger partial charge in [-0.1, -0.05) is 6.07 Å². The maximum atomic E-state index is 13.3. The number of pyridine rings is 1. The number of nitrogens with zero attached hydrogens (tertiary/aromatic N) is 3. The molecule has 30 heavy (non-hydrogen) atoms. The summed E-state index contributed by atoms with van der Waals surface area (Å²) in [7, 11) is 0. The summed E-state index contributed by atoms with van der Waals surface area (Å²) in [5.41, 5.74) is 0.635. The van der Waals surface area contributed by atoms with Crippen LogP contribution >= 0.6 is 0 Å². The minimum absolute atomic E-state index is 0.0340. The van der Waals surface area contributed by atoms with Crippen LogP contribution in [0.2, 0.25) is 0 Å². The molecule has 3 atom stereocenters. The van der Waals surface area contributed by atoms with E-state index >= 15 is 0 Å². The van der Waals surface area contributed by atoms with E-state index in [0.717, 1.165) is 38.8 Å². The molecule has 5 heterocycles. The zero-order chi connectivity index (χ0) is 21.3. The molecule has 7 nitrogen and oxygen atoms in total. The molecule has 4 aliphatic rings. The number of rotatable bonds is 4. The van der Waals surface area contributed by atoms with Crippen LogP contribution in [-0.2, 0) is 16.0 Å². The number of fused-ring (bicyclic) bond motifs is 3. The molecule has 0 aromatic carbocycles. The highest BCUT2D eigenvalue weighted by molar-refractivity contribution is 5.86. The van der Waals surface area contributed by atoms with Gasteiger partial charge < -0.3 is 10.1 Å². The number of carbonyl (C=O) groups is 2. The van der Waals surface area contributed by atoms with Crippen LogP contribution in [0.15, 0.2) is 24.5 Å². The second kappa shape index (κ2) is 8.53. The number of piperidine rings is 3. The number of aromatic nitrogens is 1. The van der Waals surface area contributed by atoms with Gasteiger partial charge in [0.25, 0.3) is 0 Å². The summed E-state index contributed by atoms with van der Waals surface area (Å²) in [6, 6.07) is 4.03. The zero-order valence-corrected chi connectivity index (χ0v) is 18.3. The summed E-state index contributed by atoms with van der Waals surface area (Å²) in [5.74, 6) is 0.463. The smallest absolute Gasteiger partial charge is 0.410 e. The van der Waals surface area contributed by atoms with Crippen molar-refractivity contribution in [3.63, 3.8) is 0 Å². The van der Waals surface area contributed by atoms with Gasteiger partial charge in [0.2, 0.25) is 5.91 Å². The molecule has 0 saturated carbocycles. The van der Waals surface area contributed by atoms with Crippen molar-refractivity contribution >= 4 is 12.0 Å². The Morgan fingerprint density at radius 1 is 1.20 bits per heavy atom. The molecule has 0 aliphatic carbocycles. The first-order valence-electron chi connectivity index (χ1n) is 11.2. The highest BCUT2D eigenvalue weighted by atomic mass is 16.6. The number of hydrogen-bond acceptors (Lipinski definition) is 5. The molecule has 0 unspecified atom stereocenters. The first kappa shape index (κ1) is 21.1. The lowest BCUT2D eigenvalue weighted by atomic mass is 9.76. The first-order chi connectivity index (χ1) is 14.3. The summed E-state index contributed by atoms with van der Waals surface area (Å²) < 4.78 is 5.53. The van der Waals surface area contributed by atoms with Gasteiger partial charge >= 0.3 is 6.09 Å². The third-order valence-electron chi connectivity index (χ3n) is 6.63. The van der Waals surface area contributed by atoms with Crippen molar-refractivity contribution in [2.45, 2.75) is 76.6 Å². The van der Waals surface area contributed by atoms with E-state index in [2.05, 4.69) is 21.3 Å². The molecule has 4 saturated heterocycles. The second-order valence-corrected chi connectivity index (χ2v) is 9.87. The van der Waals surface area contributed by atoms with Crippen LogP contribution in [0.5, 0.6) is 0 Å². The number of amides is 2. The highest BCUT2D eigenvalue weighted by Gasteiger charge is 2.45. The lowest BCUT2D eigenvalue weighted by Gasteiger charge is -2.51. The van der Waals surface area contributed by atoms with Crippen LogP contribution in [0.4, 0.5) is 4.79 Å². The average molecular weight is 415 g/mol. The fourth-order valence-electron chi connectivity index (χ4n) is 5.22. The predicted molar refractivity (Wildman–Crippen MR) is 114 cm³/mol. The number of nitrogens with one attached hydrogen (secondary N) is 1. The predicted octanol–water partition coefficient (Wildman–Crippen LogP) is 2.60. The molecule has 2 amide bonds. The Labute approximate surface area is 179 Å². The Bertz CT molecular complexity index is 755. The Balaban J connectivity index is 1.45. The van der Waals surface area contributed by atoms with Crippen molar-refractivity contribution in [1.29, 1.82) is 0 Å². The zero-order valence-electron chi connectivity index (χ0n) is 18.3. The van der Waals surface area contributed by atoms with Crippen LogP contribution in [-0.4, -0.2) is 70.1 Å². The molecule has 4 fully saturated rings. The molecular weight excluding hydrogens is 380 g/mol. The molecule has 1 N–H and O–H groups in total. The minimum atomic E-state index is -0.564. The quantitative estimate of drug-likeness (QED) is 0.820. The van der Waals surface area contributed by atoms with Gasteiger partial charge in [0.1, 0.15) is 11.6 Å². The van der Waals surface area contributed by atoms with Crippen molar-refractivity contribution in [3.05, 3.63) is 30.1 Å². The van der Waals surface area contributed by atoms with Crippen molar-refractivity contribution in [1.82, 2.24) is 20.1 Å². The number of hydrogen-bond donors (Lipinski definition) is 1. The molecule has 1 aromatic heterocycles. The van der Waals surface area contributed by atoms with E-state index in [1.54, 1.807) is 11.1 Å². The minimum Gasteiger partial charge on any atom is -0.444 e. The standard InChI is InChI=1S/C23H34N4O3/c1-23(2,3)30-22(29)27-11-5-7-18(27)21(28)25-20-17-8-12-26(13-9-17)19(20)14-16-6-4-10-24-15-16/h4,6,10,15,17-20H,5,7-9,11-14H2,1-3H3,(H,25,28)/t18-,19-,20+/m0/s1. The van der Waals surface area contributed by atoms with Crippen LogP contribution in [0, 0.1) is 5.92 Å². The van der Waals surface area contributed by atoms with Gasteiger partial charge in [0.05, 0.1) is 0 Å². The molecular formula is C23H34N4O3. The monoisotopic (exact) mass is 414 g/mol. The Morgan fingerprint density at radius 2 is 1.97 bits per heavy atom. The first-order valence-corrected chi connectivity index (χ1v) is 11.2. The lowest BCUT2D eigenvalue weighted by molar-refractivity contribution is -0.128. The largest absolute Gasteiger partial charge is 0.444 e. The number of carbonyl (C=O) groups excluding carboxylic acids is 2. The van der Waals surface area contributed by atoms with E-state index in [0.29, 0.717) is 18.9 Å². The topological polar surface area (TPSA) is 74.8 Å². The van der Waals surface area contributed by atoms with Crippen molar-refractivity contribution < 1.29 is 14.3 Å². The summed E-state index contributed by atoms with van der Waals surface area (Å²) in [4.78, 5) is 34.3. The molecule has 0 radical (unpaired) electrons. The normalized spacial score (nSPS) is 30.9. The van der Waals surface area contributed by atoms with Crippen molar-refractivity contribution in [2.24, 2.45) is 5.92 Å². The number of likely N-dealkylation sites (tertiary alicyclic amines) is 1. The number of ether oxygens (including phenoxy) is 1. The van der Waals surface area contributed by atoms with E-state index < -0.39 is 11.6 Å². The fraction of sp³-hybridized carbons (Fsp3) is 0.696. The molecule has 5 rings (SSSR count). The van der Waals surface area contributed by atoms with E-state index in [1.165, 1.54) is 5.56 Å². The molecule has 164 valence electrons. The van der Waals surface area contributed by atoms with Crippen molar-refractivity contribution in [3.8, 4) is 0 Å². The molecule has 0 spiro atoms. The molecule has 2 bridgehead atoms. The Morgan fingerprint density at radius 3 is 2.63 bits per heavy atom. The molecule has 7 heteroatoms. The summed E-state index contributed by atoms with van der Waals surface area (Å²) >= 11 is 0. The summed E-state index contributed by atoms with van der Waals surface area (Å²) in [6.07, 6.45) is 7.97. The van der Waals surface area contributed by atoms with E-state index in [-0.39, 0.29) is 24.1 Å². The summed E-state index contributed by atoms with van der Waals surface area (Å²) in [6.45, 7) is 8.32. The average Bonchev–Trinajstić information content (AvgIpc) is 3.20. The van der Waals surface area contributed by atoms with Gasteiger partial charge in [-0.2, -0.15) is 0 Å². The third-order valence-corrected chi connectivity index (χ3v) is 6.63. The van der Waals surface area contributed by atoms with E-state index in [4.69, 9.17) is 4.74 Å². The van der Waals surface area contributed by atoms with Crippen molar-refractivity contribution in [2.75, 3.05) is 19.6 Å². The Kier molecular flexibility index (Phi) is 6.00. The highest BCUT2D eigenvalue weighted by Crippen LogP contribution is 2.34. The van der Waals surface area contributed by atoms with Gasteiger partial charge in [-0.15, -0.1) is 0 Å². The van der Waals surface area contributed by atoms with E-state index in [1.807, 2.05) is 33.0 Å². The SMILES string of the molecule is CC(C)(C)OC(=O)N1CCC[C@H]1C(=O)N[C@@H]1C2CCN(CC2)[C@H]1Cc1cccnc1. The van der Waals surface area contributed by atoms with E-state index in [9.17, 15) is 9.59 Å². The maximum absolute atomic E-state index is 13.3. The van der Waals surface area contributed by atoms with Gasteiger partial charge in [-0.05, 0) is 83.5 Å². The van der Waals surface area contributed by atoms with Gasteiger partial charge in [0, 0.05) is 31.0 Å². The fourth-order valence-corrected chi connectivity index (χ4v) is 5.22. The van der Waals surface area contributed by atoms with Gasteiger partial charge in [-0.3, -0.25) is 19.6 Å². The van der Waals surface area contributed by atoms with Gasteiger partial charge in [0.15, 0.2) is 0 Å². The molecule has 4 aliphatic heterocycles. The molecule has 1 aromatic rings. The summed E-state index contributed by atoms with van der Waals surface area (Å²) in [5, 5.41) is 3.36.